The maximum absolute atomic E-state index is 12.4. The van der Waals surface area contributed by atoms with Gasteiger partial charge in [-0.15, -0.1) is 0 Å². The highest BCUT2D eigenvalue weighted by Crippen LogP contribution is 2.30. The van der Waals surface area contributed by atoms with Crippen LogP contribution in [0.25, 0.3) is 6.08 Å². The van der Waals surface area contributed by atoms with Crippen molar-refractivity contribution < 1.29 is 19.1 Å². The number of amides is 1. The number of rotatable bonds is 6. The Morgan fingerprint density at radius 2 is 1.83 bits per heavy atom. The minimum atomic E-state index is -0.640. The summed E-state index contributed by atoms with van der Waals surface area (Å²) in [5, 5.41) is 12.5. The Balaban J connectivity index is 2.27. The normalized spacial score (nSPS) is 11.0. The SMILES string of the molecule is COc1cc(/C=C(\C#N)C(=O)NC(C)C)ccc1OC(=O)c1ccc(Cl)c(Cl)c1. The van der Waals surface area contributed by atoms with Gasteiger partial charge in [0.1, 0.15) is 11.6 Å². The monoisotopic (exact) mass is 432 g/mol. The molecular weight excluding hydrogens is 415 g/mol. The molecule has 1 N–H and O–H groups in total. The summed E-state index contributed by atoms with van der Waals surface area (Å²) >= 11 is 11.8. The molecule has 0 aromatic heterocycles. The Labute approximate surface area is 178 Å². The zero-order chi connectivity index (χ0) is 21.6. The molecule has 0 spiro atoms. The van der Waals surface area contributed by atoms with Crippen LogP contribution < -0.4 is 14.8 Å². The average Bonchev–Trinajstić information content (AvgIpc) is 2.68. The van der Waals surface area contributed by atoms with E-state index in [0.29, 0.717) is 10.6 Å². The van der Waals surface area contributed by atoms with Crippen molar-refractivity contribution in [3.05, 3.63) is 63.1 Å². The third-order valence-electron chi connectivity index (χ3n) is 3.64. The van der Waals surface area contributed by atoms with Crippen LogP contribution >= 0.6 is 23.2 Å². The third kappa shape index (κ3) is 5.98. The standard InChI is InChI=1S/C21H18Cl2N2O4/c1-12(2)25-20(26)15(11-24)8-13-4-7-18(19(9-13)28-3)29-21(27)14-5-6-16(22)17(23)10-14/h4-10,12H,1-3H3,(H,25,26)/b15-8+. The molecule has 0 unspecified atom stereocenters. The predicted octanol–water partition coefficient (Wildman–Crippen LogP) is 4.65. The molecular formula is C21H18Cl2N2O4. The number of esters is 1. The molecule has 0 aliphatic rings. The van der Waals surface area contributed by atoms with E-state index >= 15 is 0 Å². The number of benzene rings is 2. The van der Waals surface area contributed by atoms with Crippen molar-refractivity contribution in [1.82, 2.24) is 5.32 Å². The van der Waals surface area contributed by atoms with Crippen molar-refractivity contribution in [2.75, 3.05) is 7.11 Å². The molecule has 1 amide bonds. The number of nitrogens with one attached hydrogen (secondary N) is 1. The summed E-state index contributed by atoms with van der Waals surface area (Å²) in [6, 6.07) is 10.8. The van der Waals surface area contributed by atoms with Crippen LogP contribution in [0.4, 0.5) is 0 Å². The van der Waals surface area contributed by atoms with Gasteiger partial charge in [-0.2, -0.15) is 5.26 Å². The predicted molar refractivity (Wildman–Crippen MR) is 111 cm³/mol. The van der Waals surface area contributed by atoms with Crippen molar-refractivity contribution in [3.8, 4) is 17.6 Å². The minimum Gasteiger partial charge on any atom is -0.493 e. The summed E-state index contributed by atoms with van der Waals surface area (Å²) in [4.78, 5) is 24.4. The topological polar surface area (TPSA) is 88.4 Å². The lowest BCUT2D eigenvalue weighted by molar-refractivity contribution is -0.117. The summed E-state index contributed by atoms with van der Waals surface area (Å²) in [6.07, 6.45) is 1.42. The van der Waals surface area contributed by atoms with Crippen molar-refractivity contribution in [1.29, 1.82) is 5.26 Å². The highest BCUT2D eigenvalue weighted by atomic mass is 35.5. The Hall–Kier alpha value is -3.01. The van der Waals surface area contributed by atoms with E-state index in [1.165, 1.54) is 37.5 Å². The number of methoxy groups -OCH3 is 1. The van der Waals surface area contributed by atoms with E-state index in [2.05, 4.69) is 5.32 Å². The number of carbonyl (C=O) groups is 2. The second-order valence-corrected chi connectivity index (χ2v) is 7.04. The second kappa shape index (κ2) is 9.97. The zero-order valence-corrected chi connectivity index (χ0v) is 17.5. The Morgan fingerprint density at radius 1 is 1.10 bits per heavy atom. The van der Waals surface area contributed by atoms with Gasteiger partial charge in [-0.25, -0.2) is 4.79 Å². The number of nitriles is 1. The van der Waals surface area contributed by atoms with E-state index in [0.717, 1.165) is 0 Å². The van der Waals surface area contributed by atoms with Gasteiger partial charge in [0.05, 0.1) is 22.7 Å². The van der Waals surface area contributed by atoms with Crippen molar-refractivity contribution in [3.63, 3.8) is 0 Å². The molecule has 0 fully saturated rings. The maximum Gasteiger partial charge on any atom is 0.343 e. The van der Waals surface area contributed by atoms with Gasteiger partial charge in [-0.1, -0.05) is 29.3 Å². The van der Waals surface area contributed by atoms with Crippen LogP contribution in [0, 0.1) is 11.3 Å². The van der Waals surface area contributed by atoms with E-state index in [9.17, 15) is 14.9 Å². The second-order valence-electron chi connectivity index (χ2n) is 6.23. The quantitative estimate of drug-likeness (QED) is 0.310. The van der Waals surface area contributed by atoms with E-state index < -0.39 is 11.9 Å². The van der Waals surface area contributed by atoms with Gasteiger partial charge in [-0.3, -0.25) is 4.79 Å². The van der Waals surface area contributed by atoms with Crippen molar-refractivity contribution in [2.45, 2.75) is 19.9 Å². The highest BCUT2D eigenvalue weighted by molar-refractivity contribution is 6.42. The molecule has 29 heavy (non-hydrogen) atoms. The first-order chi connectivity index (χ1) is 13.7. The lowest BCUT2D eigenvalue weighted by atomic mass is 10.1. The van der Waals surface area contributed by atoms with Gasteiger partial charge in [0.25, 0.3) is 5.91 Å². The van der Waals surface area contributed by atoms with Gasteiger partial charge in [0.2, 0.25) is 0 Å². The lowest BCUT2D eigenvalue weighted by Gasteiger charge is -2.11. The molecule has 0 bridgehead atoms. The van der Waals surface area contributed by atoms with Gasteiger partial charge in [0, 0.05) is 6.04 Å². The molecule has 8 heteroatoms. The Kier molecular flexibility index (Phi) is 7.66. The van der Waals surface area contributed by atoms with Gasteiger partial charge in [0.15, 0.2) is 11.5 Å². The van der Waals surface area contributed by atoms with E-state index in [1.54, 1.807) is 26.0 Å². The molecule has 0 saturated carbocycles. The molecule has 0 atom stereocenters. The van der Waals surface area contributed by atoms with E-state index in [1.807, 2.05) is 6.07 Å². The number of nitrogens with zero attached hydrogens (tertiary/aromatic N) is 1. The average molecular weight is 433 g/mol. The fourth-order valence-corrected chi connectivity index (χ4v) is 2.59. The van der Waals surface area contributed by atoms with Gasteiger partial charge < -0.3 is 14.8 Å². The lowest BCUT2D eigenvalue weighted by Crippen LogP contribution is -2.30. The van der Waals surface area contributed by atoms with Crippen LogP contribution in [-0.2, 0) is 4.79 Å². The summed E-state index contributed by atoms with van der Waals surface area (Å²) in [5.41, 5.74) is 0.704. The largest absolute Gasteiger partial charge is 0.493 e. The van der Waals surface area contributed by atoms with Crippen LogP contribution in [0.2, 0.25) is 10.0 Å². The number of ether oxygens (including phenoxy) is 2. The molecule has 0 aliphatic carbocycles. The summed E-state index contributed by atoms with van der Waals surface area (Å²) in [7, 11) is 1.41. The molecule has 6 nitrogen and oxygen atoms in total. The number of hydrogen-bond acceptors (Lipinski definition) is 5. The van der Waals surface area contributed by atoms with Crippen LogP contribution in [0.3, 0.4) is 0 Å². The van der Waals surface area contributed by atoms with Crippen molar-refractivity contribution in [2.24, 2.45) is 0 Å². The van der Waals surface area contributed by atoms with Crippen molar-refractivity contribution >= 4 is 41.2 Å². The van der Waals surface area contributed by atoms with Gasteiger partial charge >= 0.3 is 5.97 Å². The van der Waals surface area contributed by atoms with Crippen LogP contribution in [-0.4, -0.2) is 25.0 Å². The maximum atomic E-state index is 12.4. The molecule has 150 valence electrons. The summed E-state index contributed by atoms with van der Waals surface area (Å²) < 4.78 is 10.6. The van der Waals surface area contributed by atoms with Crippen LogP contribution in [0.15, 0.2) is 42.0 Å². The molecule has 0 aliphatic heterocycles. The van der Waals surface area contributed by atoms with Gasteiger partial charge in [-0.05, 0) is 55.8 Å². The zero-order valence-electron chi connectivity index (χ0n) is 16.0. The highest BCUT2D eigenvalue weighted by Gasteiger charge is 2.15. The summed E-state index contributed by atoms with van der Waals surface area (Å²) in [5.74, 6) is -0.685. The fourth-order valence-electron chi connectivity index (χ4n) is 2.30. The first-order valence-electron chi connectivity index (χ1n) is 8.53. The molecule has 2 rings (SSSR count). The molecule has 2 aromatic rings. The summed E-state index contributed by atoms with van der Waals surface area (Å²) in [6.45, 7) is 3.60. The molecule has 0 heterocycles. The smallest absolute Gasteiger partial charge is 0.343 e. The fraction of sp³-hybridized carbons (Fsp3) is 0.190. The van der Waals surface area contributed by atoms with E-state index in [4.69, 9.17) is 32.7 Å². The molecule has 0 saturated heterocycles. The molecule has 0 radical (unpaired) electrons. The number of halogens is 2. The van der Waals surface area contributed by atoms with E-state index in [-0.39, 0.29) is 33.7 Å². The minimum absolute atomic E-state index is 0.0543. The number of carbonyl (C=O) groups excluding carboxylic acids is 2. The number of hydrogen-bond donors (Lipinski definition) is 1. The first-order valence-corrected chi connectivity index (χ1v) is 9.28. The Bertz CT molecular complexity index is 1010. The Morgan fingerprint density at radius 3 is 2.41 bits per heavy atom. The first kappa shape index (κ1) is 22.3. The molecule has 2 aromatic carbocycles. The van der Waals surface area contributed by atoms with Crippen LogP contribution in [0.1, 0.15) is 29.8 Å². The van der Waals surface area contributed by atoms with Crippen LogP contribution in [0.5, 0.6) is 11.5 Å². The third-order valence-corrected chi connectivity index (χ3v) is 4.38.